The van der Waals surface area contributed by atoms with Crippen molar-refractivity contribution in [3.05, 3.63) is 323 Å². The zero-order valence-corrected chi connectivity index (χ0v) is 55.4. The third-order valence-electron chi connectivity index (χ3n) is 18.9. The first-order valence-corrected chi connectivity index (χ1v) is 33.6. The number of hydrogen-bond donors (Lipinski definition) is 0. The number of aromatic nitrogens is 6. The molecule has 0 radical (unpaired) electrons. The third-order valence-corrected chi connectivity index (χ3v) is 19.8. The number of hydrogen-bond acceptors (Lipinski definition) is 6. The molecule has 0 saturated heterocycles. The number of fused-ring (bicyclic) bond motifs is 21. The summed E-state index contributed by atoms with van der Waals surface area (Å²) in [4.78, 5) is 30.0. The number of nitrogens with zero attached hydrogens (tertiary/aromatic N) is 6. The predicted molar refractivity (Wildman–Crippen MR) is 408 cm³/mol. The fourth-order valence-electron chi connectivity index (χ4n) is 14.3. The molecule has 0 N–H and O–H groups in total. The van der Waals surface area contributed by atoms with E-state index in [-0.39, 0.29) is 5.41 Å². The first-order valence-electron chi connectivity index (χ1n) is 32.0. The molecule has 1 aliphatic carbocycles. The molecule has 0 atom stereocenters. The molecule has 19 rings (SSSR count). The van der Waals surface area contributed by atoms with Crippen LogP contribution in [0.15, 0.2) is 292 Å². The molecular formula is C87H54Cl4N6. The fourth-order valence-corrected chi connectivity index (χ4v) is 15.1. The van der Waals surface area contributed by atoms with E-state index in [1.54, 1.807) is 6.07 Å². The largest absolute Gasteiger partial charge is 0.252 e. The van der Waals surface area contributed by atoms with E-state index in [1.807, 2.05) is 73.2 Å². The van der Waals surface area contributed by atoms with Gasteiger partial charge in [0.05, 0.1) is 68.8 Å². The summed E-state index contributed by atoms with van der Waals surface area (Å²) in [6, 6.07) is 93.4. The van der Waals surface area contributed by atoms with Crippen molar-refractivity contribution >= 4 is 144 Å². The van der Waals surface area contributed by atoms with Crippen LogP contribution in [0.4, 0.5) is 0 Å². The second-order valence-corrected chi connectivity index (χ2v) is 26.8. The molecule has 97 heavy (non-hydrogen) atoms. The molecule has 15 aromatic carbocycles. The molecule has 3 heterocycles. The zero-order chi connectivity index (χ0) is 65.5. The molecule has 1 aliphatic rings. The number of rotatable bonds is 5. The van der Waals surface area contributed by atoms with Crippen molar-refractivity contribution in [1.29, 1.82) is 0 Å². The van der Waals surface area contributed by atoms with Crippen molar-refractivity contribution in [2.75, 3.05) is 0 Å². The summed E-state index contributed by atoms with van der Waals surface area (Å²) in [6.45, 7) is 4.53. The molecule has 0 fully saturated rings. The highest BCUT2D eigenvalue weighted by molar-refractivity contribution is 6.35. The highest BCUT2D eigenvalue weighted by Gasteiger charge is 2.36. The molecular weight excluding hydrogens is 1270 g/mol. The van der Waals surface area contributed by atoms with Gasteiger partial charge in [0, 0.05) is 74.5 Å². The van der Waals surface area contributed by atoms with E-state index < -0.39 is 0 Å². The van der Waals surface area contributed by atoms with Gasteiger partial charge >= 0.3 is 0 Å². The lowest BCUT2D eigenvalue weighted by Crippen LogP contribution is -2.15. The van der Waals surface area contributed by atoms with E-state index >= 15 is 0 Å². The van der Waals surface area contributed by atoms with Gasteiger partial charge in [-0.15, -0.1) is 0 Å². The maximum Gasteiger partial charge on any atom is 0.0979 e. The molecule has 10 heteroatoms. The zero-order valence-electron chi connectivity index (χ0n) is 52.4. The van der Waals surface area contributed by atoms with Crippen LogP contribution >= 0.6 is 46.4 Å². The maximum absolute atomic E-state index is 6.35. The minimum absolute atomic E-state index is 0.126. The van der Waals surface area contributed by atoms with Gasteiger partial charge in [0.25, 0.3) is 0 Å². The van der Waals surface area contributed by atoms with Crippen LogP contribution in [0.5, 0.6) is 0 Å². The normalized spacial score (nSPS) is 12.3. The van der Waals surface area contributed by atoms with Crippen LogP contribution in [0.3, 0.4) is 0 Å². The van der Waals surface area contributed by atoms with E-state index in [2.05, 4.69) is 226 Å². The molecule has 0 unspecified atom stereocenters. The van der Waals surface area contributed by atoms with Crippen LogP contribution in [-0.4, -0.2) is 29.9 Å². The van der Waals surface area contributed by atoms with Gasteiger partial charge in [0.2, 0.25) is 0 Å². The highest BCUT2D eigenvalue weighted by Crippen LogP contribution is 2.51. The SMILES string of the molecule is CC1(C)c2cc(Cl)ccc2-c2ccc(-c3cnc4c5ccccc5c5ccccc5c4n3)cc21.Clc1cc(Cl)cc(-c2cccc(-c3cnc4c5ccccc5c5ccccc5c4n3)c2)c1.Clc1cccc(-c2cccc(-c3cnc4c5ccccc5c5ccccc5c4n3)c2)c1. The van der Waals surface area contributed by atoms with Gasteiger partial charge in [-0.05, 0) is 137 Å². The molecule has 18 aromatic rings. The van der Waals surface area contributed by atoms with Crippen molar-refractivity contribution in [3.8, 4) is 67.2 Å². The Labute approximate surface area is 579 Å². The smallest absolute Gasteiger partial charge is 0.0979 e. The van der Waals surface area contributed by atoms with Crippen LogP contribution in [0.25, 0.3) is 165 Å². The lowest BCUT2D eigenvalue weighted by atomic mass is 9.82. The topological polar surface area (TPSA) is 77.3 Å². The Morgan fingerprint density at radius 2 is 0.526 bits per heavy atom. The van der Waals surface area contributed by atoms with Crippen LogP contribution in [0, 0.1) is 0 Å². The van der Waals surface area contributed by atoms with Crippen LogP contribution in [0.2, 0.25) is 20.1 Å². The van der Waals surface area contributed by atoms with Gasteiger partial charge < -0.3 is 0 Å². The molecule has 0 saturated carbocycles. The standard InChI is InChI=1S/C31H21ClN2.C28H16Cl2N2.C28H17ClN2/c1-31(2)26-15-18(11-13-22(26)23-14-12-19(32)16-27(23)31)28-17-33-29-24-9-5-3-7-20(24)21-8-4-6-10-25(21)30(29)34-28;29-20-13-19(14-21(30)15-20)17-6-5-7-18(12-17)26-16-31-27-24-10-3-1-8-22(24)23-9-2-4-11-25(23)28(27)32-26;29-21-10-6-8-19(16-21)18-7-5-9-20(15-18)26-17-30-27-24-13-3-1-11-22(24)23-12-2-4-14-25(23)28(27)31-26/h3-17H,1-2H3;1-16H;1-17H. The Morgan fingerprint density at radius 1 is 0.227 bits per heavy atom. The summed E-state index contributed by atoms with van der Waals surface area (Å²) in [5.74, 6) is 0. The molecule has 6 nitrogen and oxygen atoms in total. The van der Waals surface area contributed by atoms with Crippen molar-refractivity contribution in [2.45, 2.75) is 19.3 Å². The molecule has 3 aromatic heterocycles. The maximum atomic E-state index is 6.35. The highest BCUT2D eigenvalue weighted by atomic mass is 35.5. The fraction of sp³-hybridized carbons (Fsp3) is 0.0345. The van der Waals surface area contributed by atoms with Gasteiger partial charge in [-0.25, -0.2) is 15.0 Å². The van der Waals surface area contributed by atoms with Crippen LogP contribution < -0.4 is 0 Å². The molecule has 0 spiro atoms. The van der Waals surface area contributed by atoms with Gasteiger partial charge in [0.1, 0.15) is 0 Å². The van der Waals surface area contributed by atoms with Gasteiger partial charge in [-0.3, -0.25) is 15.0 Å². The van der Waals surface area contributed by atoms with Crippen molar-refractivity contribution in [3.63, 3.8) is 0 Å². The van der Waals surface area contributed by atoms with E-state index in [1.165, 1.54) is 54.6 Å². The van der Waals surface area contributed by atoms with E-state index in [9.17, 15) is 0 Å². The summed E-state index contributed by atoms with van der Waals surface area (Å²) in [5, 5.41) is 16.7. The minimum Gasteiger partial charge on any atom is -0.252 e. The van der Waals surface area contributed by atoms with E-state index in [0.717, 1.165) is 131 Å². The Kier molecular flexibility index (Phi) is 15.0. The van der Waals surface area contributed by atoms with Gasteiger partial charge in [-0.1, -0.05) is 273 Å². The Balaban J connectivity index is 0.000000110. The average molecular weight is 1330 g/mol. The lowest BCUT2D eigenvalue weighted by molar-refractivity contribution is 0.660. The lowest BCUT2D eigenvalue weighted by Gasteiger charge is -2.22. The average Bonchev–Trinajstić information content (AvgIpc) is 1.44. The summed E-state index contributed by atoms with van der Waals surface area (Å²) in [6.07, 6.45) is 5.64. The Morgan fingerprint density at radius 3 is 0.928 bits per heavy atom. The summed E-state index contributed by atoms with van der Waals surface area (Å²) in [7, 11) is 0. The van der Waals surface area contributed by atoms with Crippen LogP contribution in [0.1, 0.15) is 25.0 Å². The van der Waals surface area contributed by atoms with Crippen LogP contribution in [-0.2, 0) is 5.41 Å². The van der Waals surface area contributed by atoms with Crippen molar-refractivity contribution in [1.82, 2.24) is 29.9 Å². The molecule has 460 valence electrons. The van der Waals surface area contributed by atoms with E-state index in [4.69, 9.17) is 76.3 Å². The summed E-state index contributed by atoms with van der Waals surface area (Å²) in [5.41, 5.74) is 20.4. The predicted octanol–water partition coefficient (Wildman–Crippen LogP) is 25.1. The molecule has 0 bridgehead atoms. The number of halogens is 4. The van der Waals surface area contributed by atoms with E-state index in [0.29, 0.717) is 10.0 Å². The van der Waals surface area contributed by atoms with Crippen molar-refractivity contribution in [2.24, 2.45) is 0 Å². The minimum atomic E-state index is -0.126. The van der Waals surface area contributed by atoms with Gasteiger partial charge in [0.15, 0.2) is 0 Å². The second-order valence-electron chi connectivity index (χ2n) is 25.0. The first kappa shape index (κ1) is 59.8. The molecule has 0 aliphatic heterocycles. The first-order chi connectivity index (χ1) is 47.5. The summed E-state index contributed by atoms with van der Waals surface area (Å²) < 4.78 is 0. The second kappa shape index (κ2) is 24.4. The Hall–Kier alpha value is -11.0. The summed E-state index contributed by atoms with van der Waals surface area (Å²) >= 11 is 25.0. The quantitative estimate of drug-likeness (QED) is 0.160. The van der Waals surface area contributed by atoms with Gasteiger partial charge in [-0.2, -0.15) is 0 Å². The monoisotopic (exact) mass is 1320 g/mol. The number of benzene rings is 15. The Bertz CT molecular complexity index is 6140. The molecule has 0 amide bonds. The third kappa shape index (κ3) is 10.7. The van der Waals surface area contributed by atoms with Crippen molar-refractivity contribution < 1.29 is 0 Å².